The summed E-state index contributed by atoms with van der Waals surface area (Å²) in [4.78, 5) is 33.7. The Hall–Kier alpha value is -1.83. The van der Waals surface area contributed by atoms with Crippen LogP contribution in [0.1, 0.15) is 26.2 Å². The largest absolute Gasteiger partial charge is 0.480 e. The second kappa shape index (κ2) is 6.37. The lowest BCUT2D eigenvalue weighted by molar-refractivity contribution is -0.148. The minimum absolute atomic E-state index is 0.00337. The van der Waals surface area contributed by atoms with Crippen LogP contribution in [-0.2, 0) is 14.3 Å². The monoisotopic (exact) mass is 273 g/mol. The summed E-state index contributed by atoms with van der Waals surface area (Å²) >= 11 is 0. The minimum Gasteiger partial charge on any atom is -0.480 e. The van der Waals surface area contributed by atoms with Gasteiger partial charge in [0.25, 0.3) is 0 Å². The van der Waals surface area contributed by atoms with Crippen LogP contribution in [-0.4, -0.2) is 47.8 Å². The average molecular weight is 273 g/mol. The van der Waals surface area contributed by atoms with Crippen LogP contribution in [0.5, 0.6) is 0 Å². The molecular formula is C11H19N3O5. The molecular weight excluding hydrogens is 254 g/mol. The third-order valence-electron chi connectivity index (χ3n) is 2.99. The molecule has 3 amide bonds. The molecule has 1 unspecified atom stereocenters. The van der Waals surface area contributed by atoms with Gasteiger partial charge in [-0.1, -0.05) is 0 Å². The topological polar surface area (TPSA) is 131 Å². The highest BCUT2D eigenvalue weighted by Crippen LogP contribution is 2.20. The third kappa shape index (κ3) is 4.40. The zero-order valence-corrected chi connectivity index (χ0v) is 10.8. The summed E-state index contributed by atoms with van der Waals surface area (Å²) in [6, 6.07) is -1.08. The molecule has 1 heterocycles. The van der Waals surface area contributed by atoms with Gasteiger partial charge in [-0.3, -0.25) is 4.79 Å². The van der Waals surface area contributed by atoms with Crippen molar-refractivity contribution in [1.29, 1.82) is 0 Å². The molecule has 8 nitrogen and oxygen atoms in total. The molecule has 1 rings (SSSR count). The van der Waals surface area contributed by atoms with Crippen molar-refractivity contribution in [3.05, 3.63) is 0 Å². The van der Waals surface area contributed by atoms with Crippen molar-refractivity contribution in [2.45, 2.75) is 37.8 Å². The predicted octanol–water partition coefficient (Wildman–Crippen LogP) is -0.817. The molecule has 8 heteroatoms. The number of carboxylic acids is 1. The van der Waals surface area contributed by atoms with Crippen molar-refractivity contribution < 1.29 is 24.2 Å². The molecule has 5 N–H and O–H groups in total. The molecule has 0 aromatic carbocycles. The zero-order chi connectivity index (χ0) is 14.5. The maximum absolute atomic E-state index is 11.7. The Morgan fingerprint density at radius 3 is 2.42 bits per heavy atom. The Morgan fingerprint density at radius 2 is 1.95 bits per heavy atom. The van der Waals surface area contributed by atoms with E-state index < -0.39 is 29.5 Å². The van der Waals surface area contributed by atoms with Gasteiger partial charge in [-0.25, -0.2) is 9.59 Å². The first-order valence-corrected chi connectivity index (χ1v) is 6.04. The summed E-state index contributed by atoms with van der Waals surface area (Å²) < 4.78 is 5.09. The van der Waals surface area contributed by atoms with Crippen molar-refractivity contribution >= 4 is 17.9 Å². The van der Waals surface area contributed by atoms with Crippen molar-refractivity contribution in [1.82, 2.24) is 10.6 Å². The lowest BCUT2D eigenvalue weighted by Gasteiger charge is -2.34. The smallest absolute Gasteiger partial charge is 0.329 e. The van der Waals surface area contributed by atoms with Gasteiger partial charge in [-0.05, 0) is 6.92 Å². The van der Waals surface area contributed by atoms with Crippen molar-refractivity contribution in [2.75, 3.05) is 13.2 Å². The fraction of sp³-hybridized carbons (Fsp3) is 0.727. The van der Waals surface area contributed by atoms with Gasteiger partial charge in [0.15, 0.2) is 0 Å². The number of hydrogen-bond acceptors (Lipinski definition) is 4. The van der Waals surface area contributed by atoms with Gasteiger partial charge in [0, 0.05) is 38.5 Å². The number of carbonyl (C=O) groups excluding carboxylic acids is 2. The molecule has 0 aliphatic carbocycles. The second-order valence-corrected chi connectivity index (χ2v) is 4.67. The van der Waals surface area contributed by atoms with E-state index in [0.29, 0.717) is 0 Å². The summed E-state index contributed by atoms with van der Waals surface area (Å²) in [6.45, 7) is 2.18. The number of nitrogens with two attached hydrogens (primary N) is 1. The lowest BCUT2D eigenvalue weighted by atomic mass is 9.90. The summed E-state index contributed by atoms with van der Waals surface area (Å²) in [5.41, 5.74) is 3.70. The molecule has 0 aromatic heterocycles. The Morgan fingerprint density at radius 1 is 1.37 bits per heavy atom. The minimum atomic E-state index is -1.31. The molecule has 1 atom stereocenters. The van der Waals surface area contributed by atoms with Gasteiger partial charge in [-0.15, -0.1) is 0 Å². The SMILES string of the molecule is CC(CC(N)=O)NC(=O)NC1(C(=O)O)CCOCC1. The number of aliphatic carboxylic acids is 1. The number of ether oxygens (including phenoxy) is 1. The highest BCUT2D eigenvalue weighted by molar-refractivity contribution is 5.86. The molecule has 0 spiro atoms. The summed E-state index contributed by atoms with van der Waals surface area (Å²) in [7, 11) is 0. The molecule has 0 aromatic rings. The standard InChI is InChI=1S/C11H19N3O5/c1-7(6-8(12)15)13-10(18)14-11(9(16)17)2-4-19-5-3-11/h7H,2-6H2,1H3,(H2,12,15)(H,16,17)(H2,13,14,18). The van der Waals surface area contributed by atoms with Gasteiger partial charge in [-0.2, -0.15) is 0 Å². The Kier molecular flexibility index (Phi) is 5.11. The molecule has 1 aliphatic rings. The highest BCUT2D eigenvalue weighted by Gasteiger charge is 2.41. The Bertz CT molecular complexity index is 365. The Balaban J connectivity index is 2.57. The molecule has 19 heavy (non-hydrogen) atoms. The van der Waals surface area contributed by atoms with E-state index in [1.165, 1.54) is 0 Å². The fourth-order valence-corrected chi connectivity index (χ4v) is 1.94. The van der Waals surface area contributed by atoms with Crippen LogP contribution in [0.4, 0.5) is 4.79 Å². The zero-order valence-electron chi connectivity index (χ0n) is 10.8. The van der Waals surface area contributed by atoms with E-state index in [2.05, 4.69) is 10.6 Å². The number of amides is 3. The molecule has 1 saturated heterocycles. The van der Waals surface area contributed by atoms with Crippen LogP contribution < -0.4 is 16.4 Å². The first-order valence-electron chi connectivity index (χ1n) is 6.04. The van der Waals surface area contributed by atoms with E-state index in [-0.39, 0.29) is 32.5 Å². The maximum atomic E-state index is 11.7. The average Bonchev–Trinajstić information content (AvgIpc) is 2.28. The number of nitrogens with one attached hydrogen (secondary N) is 2. The van der Waals surface area contributed by atoms with Gasteiger partial charge < -0.3 is 26.2 Å². The van der Waals surface area contributed by atoms with Crippen LogP contribution in [0.15, 0.2) is 0 Å². The normalized spacial score (nSPS) is 19.2. The van der Waals surface area contributed by atoms with Crippen molar-refractivity contribution in [2.24, 2.45) is 5.73 Å². The summed E-state index contributed by atoms with van der Waals surface area (Å²) in [5, 5.41) is 14.2. The van der Waals surface area contributed by atoms with Crippen LogP contribution in [0.2, 0.25) is 0 Å². The van der Waals surface area contributed by atoms with Crippen molar-refractivity contribution in [3.8, 4) is 0 Å². The van der Waals surface area contributed by atoms with Crippen LogP contribution >= 0.6 is 0 Å². The second-order valence-electron chi connectivity index (χ2n) is 4.67. The summed E-state index contributed by atoms with van der Waals surface area (Å²) in [5.74, 6) is -1.62. The number of primary amides is 1. The van der Waals surface area contributed by atoms with E-state index in [1.807, 2.05) is 0 Å². The first-order chi connectivity index (χ1) is 8.85. The lowest BCUT2D eigenvalue weighted by Crippen LogP contribution is -2.60. The molecule has 1 aliphatic heterocycles. The third-order valence-corrected chi connectivity index (χ3v) is 2.99. The molecule has 1 fully saturated rings. The predicted molar refractivity (Wildman–Crippen MR) is 65.4 cm³/mol. The Labute approximate surface area is 110 Å². The van der Waals surface area contributed by atoms with Crippen LogP contribution in [0.3, 0.4) is 0 Å². The summed E-state index contributed by atoms with van der Waals surface area (Å²) in [6.07, 6.45) is 0.413. The first kappa shape index (κ1) is 15.2. The fourth-order valence-electron chi connectivity index (χ4n) is 1.94. The number of carboxylic acid groups (broad SMARTS) is 1. The van der Waals surface area contributed by atoms with E-state index in [4.69, 9.17) is 10.5 Å². The number of rotatable bonds is 5. The van der Waals surface area contributed by atoms with E-state index >= 15 is 0 Å². The molecule has 0 saturated carbocycles. The number of carbonyl (C=O) groups is 3. The van der Waals surface area contributed by atoms with E-state index in [0.717, 1.165) is 0 Å². The van der Waals surface area contributed by atoms with E-state index in [9.17, 15) is 19.5 Å². The number of urea groups is 1. The van der Waals surface area contributed by atoms with Gasteiger partial charge in [0.2, 0.25) is 5.91 Å². The molecule has 0 radical (unpaired) electrons. The van der Waals surface area contributed by atoms with Crippen LogP contribution in [0, 0.1) is 0 Å². The van der Waals surface area contributed by atoms with Crippen LogP contribution in [0.25, 0.3) is 0 Å². The molecule has 0 bridgehead atoms. The van der Waals surface area contributed by atoms with E-state index in [1.54, 1.807) is 6.92 Å². The van der Waals surface area contributed by atoms with Crippen molar-refractivity contribution in [3.63, 3.8) is 0 Å². The van der Waals surface area contributed by atoms with Gasteiger partial charge >= 0.3 is 12.0 Å². The molecule has 108 valence electrons. The van der Waals surface area contributed by atoms with Gasteiger partial charge in [0.1, 0.15) is 5.54 Å². The number of hydrogen-bond donors (Lipinski definition) is 4. The highest BCUT2D eigenvalue weighted by atomic mass is 16.5. The van der Waals surface area contributed by atoms with Gasteiger partial charge in [0.05, 0.1) is 0 Å². The maximum Gasteiger partial charge on any atom is 0.329 e. The quantitative estimate of drug-likeness (QED) is 0.520.